The number of aromatic nitrogens is 1. The molecule has 3 rings (SSSR count). The van der Waals surface area contributed by atoms with Gasteiger partial charge in [-0.05, 0) is 18.2 Å². The highest BCUT2D eigenvalue weighted by Crippen LogP contribution is 2.28. The van der Waals surface area contributed by atoms with E-state index in [-0.39, 0.29) is 0 Å². The molecule has 114 valence electrons. The third-order valence-electron chi connectivity index (χ3n) is 3.60. The summed E-state index contributed by atoms with van der Waals surface area (Å²) in [7, 11) is 1.61. The first-order valence-electron chi connectivity index (χ1n) is 7.07. The van der Waals surface area contributed by atoms with Crippen LogP contribution in [0.25, 0.3) is 10.9 Å². The van der Waals surface area contributed by atoms with E-state index in [4.69, 9.17) is 16.3 Å². The highest BCUT2D eigenvalue weighted by molar-refractivity contribution is 6.30. The molecule has 5 heteroatoms. The second-order valence-electron chi connectivity index (χ2n) is 4.99. The Morgan fingerprint density at radius 2 is 2.09 bits per heavy atom. The largest absolute Gasteiger partial charge is 0.496 e. The van der Waals surface area contributed by atoms with Crippen LogP contribution in [0.3, 0.4) is 0 Å². The first-order chi connectivity index (χ1) is 11.2. The number of rotatable bonds is 4. The van der Waals surface area contributed by atoms with Crippen molar-refractivity contribution in [2.45, 2.75) is 6.54 Å². The van der Waals surface area contributed by atoms with Crippen molar-refractivity contribution < 1.29 is 4.74 Å². The first-order valence-corrected chi connectivity index (χ1v) is 7.45. The Balaban J connectivity index is 1.98. The van der Waals surface area contributed by atoms with Crippen LogP contribution in [0.5, 0.6) is 5.75 Å². The quantitative estimate of drug-likeness (QED) is 0.774. The maximum absolute atomic E-state index is 9.34. The maximum atomic E-state index is 9.34. The van der Waals surface area contributed by atoms with E-state index in [1.54, 1.807) is 19.4 Å². The van der Waals surface area contributed by atoms with Crippen molar-refractivity contribution in [2.24, 2.45) is 0 Å². The number of halogens is 1. The van der Waals surface area contributed by atoms with Crippen LogP contribution >= 0.6 is 11.6 Å². The highest BCUT2D eigenvalue weighted by Gasteiger charge is 2.10. The zero-order valence-corrected chi connectivity index (χ0v) is 13.3. The van der Waals surface area contributed by atoms with E-state index in [1.165, 1.54) is 0 Å². The van der Waals surface area contributed by atoms with Crippen molar-refractivity contribution >= 4 is 28.2 Å². The molecule has 4 nitrogen and oxygen atoms in total. The summed E-state index contributed by atoms with van der Waals surface area (Å²) in [4.78, 5) is 4.31. The number of nitrogens with one attached hydrogen (secondary N) is 1. The second-order valence-corrected chi connectivity index (χ2v) is 5.42. The van der Waals surface area contributed by atoms with Gasteiger partial charge in [-0.25, -0.2) is 0 Å². The Hall–Kier alpha value is -2.77. The summed E-state index contributed by atoms with van der Waals surface area (Å²) < 4.78 is 5.36. The molecule has 0 radical (unpaired) electrons. The number of hydrogen-bond donors (Lipinski definition) is 1. The molecule has 0 aliphatic rings. The topological polar surface area (TPSA) is 57.9 Å². The highest BCUT2D eigenvalue weighted by atomic mass is 35.5. The maximum Gasteiger partial charge on any atom is 0.125 e. The lowest BCUT2D eigenvalue weighted by molar-refractivity contribution is 0.410. The fourth-order valence-electron chi connectivity index (χ4n) is 2.46. The number of para-hydroxylation sites is 1. The van der Waals surface area contributed by atoms with Crippen LogP contribution in [0.15, 0.2) is 48.7 Å². The minimum absolute atomic E-state index is 0.511. The number of ether oxygens (including phenoxy) is 1. The van der Waals surface area contributed by atoms with Crippen LogP contribution in [0, 0.1) is 11.3 Å². The molecule has 0 saturated carbocycles. The summed E-state index contributed by atoms with van der Waals surface area (Å²) in [6, 6.07) is 15.4. The molecule has 0 aliphatic heterocycles. The molecule has 0 fully saturated rings. The van der Waals surface area contributed by atoms with Gasteiger partial charge in [0.2, 0.25) is 0 Å². The van der Waals surface area contributed by atoms with E-state index in [0.29, 0.717) is 22.9 Å². The normalized spacial score (nSPS) is 10.3. The Bertz CT molecular complexity index is 902. The summed E-state index contributed by atoms with van der Waals surface area (Å²) >= 11 is 5.99. The fraction of sp³-hybridized carbons (Fsp3) is 0.111. The van der Waals surface area contributed by atoms with Gasteiger partial charge in [0.05, 0.1) is 23.9 Å². The molecule has 0 aliphatic carbocycles. The summed E-state index contributed by atoms with van der Waals surface area (Å²) in [6.45, 7) is 0.517. The van der Waals surface area contributed by atoms with Gasteiger partial charge in [-0.3, -0.25) is 4.98 Å². The van der Waals surface area contributed by atoms with Gasteiger partial charge in [0.15, 0.2) is 0 Å². The molecule has 0 amide bonds. The average molecular weight is 324 g/mol. The molecule has 23 heavy (non-hydrogen) atoms. The van der Waals surface area contributed by atoms with Crippen molar-refractivity contribution in [1.82, 2.24) is 4.98 Å². The van der Waals surface area contributed by atoms with E-state index in [0.717, 1.165) is 22.2 Å². The third kappa shape index (κ3) is 3.05. The predicted octanol–water partition coefficient (Wildman–Crippen LogP) is 4.38. The summed E-state index contributed by atoms with van der Waals surface area (Å²) in [5.41, 5.74) is 3.09. The minimum atomic E-state index is 0.511. The lowest BCUT2D eigenvalue weighted by Crippen LogP contribution is -2.04. The van der Waals surface area contributed by atoms with E-state index in [2.05, 4.69) is 16.4 Å². The van der Waals surface area contributed by atoms with Gasteiger partial charge in [0.25, 0.3) is 0 Å². The van der Waals surface area contributed by atoms with Crippen LogP contribution in [-0.4, -0.2) is 12.1 Å². The van der Waals surface area contributed by atoms with Gasteiger partial charge in [0.1, 0.15) is 11.8 Å². The van der Waals surface area contributed by atoms with E-state index >= 15 is 0 Å². The van der Waals surface area contributed by atoms with Gasteiger partial charge in [-0.1, -0.05) is 35.9 Å². The molecule has 2 aromatic carbocycles. The fourth-order valence-corrected chi connectivity index (χ4v) is 2.63. The Labute approximate surface area is 139 Å². The van der Waals surface area contributed by atoms with Gasteiger partial charge in [-0.2, -0.15) is 5.26 Å². The molecule has 0 spiro atoms. The number of benzene rings is 2. The lowest BCUT2D eigenvalue weighted by Gasteiger charge is -2.13. The summed E-state index contributed by atoms with van der Waals surface area (Å²) in [5, 5.41) is 14.2. The number of methoxy groups -OCH3 is 1. The van der Waals surface area contributed by atoms with Gasteiger partial charge >= 0.3 is 0 Å². The Morgan fingerprint density at radius 3 is 2.87 bits per heavy atom. The standard InChI is InChI=1S/C18H14ClN3O/c1-23-17-8-14(19)7-6-12(17)10-22-18-13(9-20)11-21-16-5-3-2-4-15(16)18/h2-8,11H,10H2,1H3,(H,21,22). The van der Waals surface area contributed by atoms with Crippen LogP contribution < -0.4 is 10.1 Å². The Morgan fingerprint density at radius 1 is 1.26 bits per heavy atom. The van der Waals surface area contributed by atoms with Crippen LogP contribution in [0.4, 0.5) is 5.69 Å². The zero-order valence-electron chi connectivity index (χ0n) is 12.5. The number of nitrogens with zero attached hydrogens (tertiary/aromatic N) is 2. The van der Waals surface area contributed by atoms with Crippen molar-refractivity contribution in [3.8, 4) is 11.8 Å². The van der Waals surface area contributed by atoms with E-state index in [1.807, 2.05) is 36.4 Å². The predicted molar refractivity (Wildman–Crippen MR) is 91.8 cm³/mol. The second kappa shape index (κ2) is 6.55. The van der Waals surface area contributed by atoms with E-state index in [9.17, 15) is 5.26 Å². The lowest BCUT2D eigenvalue weighted by atomic mass is 10.1. The molecule has 1 aromatic heterocycles. The average Bonchev–Trinajstić information content (AvgIpc) is 2.60. The number of anilines is 1. The van der Waals surface area contributed by atoms with Crippen molar-refractivity contribution in [2.75, 3.05) is 12.4 Å². The SMILES string of the molecule is COc1cc(Cl)ccc1CNc1c(C#N)cnc2ccccc12. The first kappa shape index (κ1) is 15.1. The van der Waals surface area contributed by atoms with Gasteiger partial charge in [0, 0.05) is 28.7 Å². The molecule has 0 unspecified atom stereocenters. The summed E-state index contributed by atoms with van der Waals surface area (Å²) in [5.74, 6) is 0.710. The van der Waals surface area contributed by atoms with Crippen molar-refractivity contribution in [1.29, 1.82) is 5.26 Å². The van der Waals surface area contributed by atoms with Crippen LogP contribution in [0.1, 0.15) is 11.1 Å². The molecular formula is C18H14ClN3O. The van der Waals surface area contributed by atoms with Crippen LogP contribution in [0.2, 0.25) is 5.02 Å². The third-order valence-corrected chi connectivity index (χ3v) is 3.84. The van der Waals surface area contributed by atoms with Crippen molar-refractivity contribution in [3.63, 3.8) is 0 Å². The minimum Gasteiger partial charge on any atom is -0.496 e. The van der Waals surface area contributed by atoms with Crippen LogP contribution in [-0.2, 0) is 6.54 Å². The Kier molecular flexibility index (Phi) is 4.31. The molecule has 0 bridgehead atoms. The molecule has 1 N–H and O–H groups in total. The number of fused-ring (bicyclic) bond motifs is 1. The monoisotopic (exact) mass is 323 g/mol. The molecule has 0 saturated heterocycles. The van der Waals surface area contributed by atoms with E-state index < -0.39 is 0 Å². The number of pyridine rings is 1. The molecule has 1 heterocycles. The molecule has 0 atom stereocenters. The van der Waals surface area contributed by atoms with Gasteiger partial charge < -0.3 is 10.1 Å². The van der Waals surface area contributed by atoms with Crippen molar-refractivity contribution in [3.05, 3.63) is 64.8 Å². The van der Waals surface area contributed by atoms with Gasteiger partial charge in [-0.15, -0.1) is 0 Å². The number of hydrogen-bond acceptors (Lipinski definition) is 4. The smallest absolute Gasteiger partial charge is 0.125 e. The zero-order chi connectivity index (χ0) is 16.2. The number of nitriles is 1. The molecular weight excluding hydrogens is 310 g/mol. The molecule has 3 aromatic rings. The summed E-state index contributed by atoms with van der Waals surface area (Å²) in [6.07, 6.45) is 1.59.